The van der Waals surface area contributed by atoms with Gasteiger partial charge in [0.2, 0.25) is 11.3 Å². The van der Waals surface area contributed by atoms with Gasteiger partial charge >= 0.3 is 12.1 Å². The molecule has 0 unspecified atom stereocenters. The second-order valence-corrected chi connectivity index (χ2v) is 11.5. The maximum atomic E-state index is 13.6. The van der Waals surface area contributed by atoms with Crippen LogP contribution in [0.25, 0.3) is 15.9 Å². The molecule has 4 heterocycles. The quantitative estimate of drug-likeness (QED) is 0.196. The number of benzene rings is 1. The normalized spacial score (nSPS) is 23.7. The van der Waals surface area contributed by atoms with Gasteiger partial charge in [-0.2, -0.15) is 8.42 Å². The van der Waals surface area contributed by atoms with Gasteiger partial charge in [0.25, 0.3) is 10.0 Å². The summed E-state index contributed by atoms with van der Waals surface area (Å²) in [6.45, 7) is -0.0501. The van der Waals surface area contributed by atoms with Gasteiger partial charge in [0, 0.05) is 29.7 Å². The van der Waals surface area contributed by atoms with Crippen molar-refractivity contribution < 1.29 is 47.9 Å². The van der Waals surface area contributed by atoms with E-state index in [9.17, 15) is 33.3 Å². The van der Waals surface area contributed by atoms with Crippen LogP contribution < -0.4 is 5.32 Å². The third kappa shape index (κ3) is 4.84. The number of aliphatic hydroxyl groups is 3. The topological polar surface area (TPSA) is 202 Å². The summed E-state index contributed by atoms with van der Waals surface area (Å²) in [5.74, 6) is -1.62. The molecule has 1 aromatic carbocycles. The van der Waals surface area contributed by atoms with E-state index in [4.69, 9.17) is 26.2 Å². The number of amides is 1. The van der Waals surface area contributed by atoms with E-state index >= 15 is 0 Å². The minimum Gasteiger partial charge on any atom is -0.479 e. The first-order valence-electron chi connectivity index (χ1n) is 11.3. The second kappa shape index (κ2) is 10.4. The fraction of sp³-hybridized carbons (Fsp3) is 0.318. The molecule has 1 amide bonds. The molecule has 0 radical (unpaired) electrons. The number of rotatable bonds is 7. The Morgan fingerprint density at radius 1 is 1.18 bits per heavy atom. The number of carbonyl (C=O) groups is 2. The van der Waals surface area contributed by atoms with Crippen LogP contribution in [0.2, 0.25) is 5.15 Å². The van der Waals surface area contributed by atoms with E-state index in [0.717, 1.165) is 3.97 Å². The average Bonchev–Trinajstić information content (AvgIpc) is 3.57. The molecule has 0 aliphatic carbocycles. The zero-order valence-electron chi connectivity index (χ0n) is 19.6. The molecule has 39 heavy (non-hydrogen) atoms. The zero-order valence-corrected chi connectivity index (χ0v) is 22.0. The van der Waals surface area contributed by atoms with E-state index in [0.29, 0.717) is 21.4 Å². The number of nitrogens with zero attached hydrogens (tertiary/aromatic N) is 3. The van der Waals surface area contributed by atoms with Gasteiger partial charge in [0.05, 0.1) is 5.52 Å². The molecule has 5 rings (SSSR count). The van der Waals surface area contributed by atoms with Gasteiger partial charge in [-0.15, -0.1) is 11.3 Å². The number of imidazole rings is 1. The molecule has 0 bridgehead atoms. The van der Waals surface area contributed by atoms with E-state index < -0.39 is 52.8 Å². The number of halogens is 1. The Bertz CT molecular complexity index is 1670. The van der Waals surface area contributed by atoms with Gasteiger partial charge in [0.1, 0.15) is 18.3 Å². The number of carboxylic acid groups (broad SMARTS) is 1. The molecule has 0 spiro atoms. The van der Waals surface area contributed by atoms with Crippen LogP contribution in [-0.4, -0.2) is 91.5 Å². The van der Waals surface area contributed by atoms with Crippen LogP contribution in [0.3, 0.4) is 0 Å². The lowest BCUT2D eigenvalue weighted by Gasteiger charge is -2.37. The van der Waals surface area contributed by atoms with Crippen molar-refractivity contribution in [1.29, 1.82) is 0 Å². The third-order valence-corrected chi connectivity index (χ3v) is 8.97. The number of nitrogens with one attached hydrogen (secondary N) is 1. The minimum absolute atomic E-state index is 0.0501. The molecular weight excluding hydrogens is 580 g/mol. The summed E-state index contributed by atoms with van der Waals surface area (Å²) in [5, 5.41) is 43.0. The van der Waals surface area contributed by atoms with Crippen LogP contribution in [0.15, 0.2) is 47.1 Å². The zero-order chi connectivity index (χ0) is 28.1. The van der Waals surface area contributed by atoms with E-state index in [2.05, 4.69) is 10.3 Å². The van der Waals surface area contributed by atoms with Crippen molar-refractivity contribution >= 4 is 60.9 Å². The van der Waals surface area contributed by atoms with Gasteiger partial charge in [-0.1, -0.05) is 29.8 Å². The number of ether oxygens (including phenoxy) is 2. The molecule has 4 aromatic rings. The maximum Gasteiger partial charge on any atom is 0.409 e. The molecule has 5 N–H and O–H groups in total. The highest BCUT2D eigenvalue weighted by molar-refractivity contribution is 7.90. The molecule has 208 valence electrons. The number of carbonyl (C=O) groups excluding carboxylic acids is 1. The number of alkyl carbamates (subject to hydrolysis) is 1. The highest BCUT2D eigenvalue weighted by atomic mass is 35.5. The summed E-state index contributed by atoms with van der Waals surface area (Å²) < 4.78 is 39.6. The molecule has 3 aromatic heterocycles. The molecule has 1 saturated heterocycles. The number of hydrogen-bond acceptors (Lipinski definition) is 11. The van der Waals surface area contributed by atoms with Gasteiger partial charge in [-0.3, -0.25) is 4.40 Å². The summed E-state index contributed by atoms with van der Waals surface area (Å²) >= 11 is 7.42. The molecule has 5 atom stereocenters. The smallest absolute Gasteiger partial charge is 0.409 e. The van der Waals surface area contributed by atoms with Crippen LogP contribution in [0.1, 0.15) is 5.56 Å². The summed E-state index contributed by atoms with van der Waals surface area (Å²) in [5.41, 5.74) is 0.942. The molecule has 1 aliphatic rings. The number of aliphatic hydroxyl groups excluding tert-OH is 3. The Hall–Kier alpha value is -3.25. The van der Waals surface area contributed by atoms with Crippen molar-refractivity contribution in [3.63, 3.8) is 0 Å². The molecule has 0 saturated carbocycles. The number of fused-ring (bicyclic) bond motifs is 2. The van der Waals surface area contributed by atoms with Crippen LogP contribution >= 0.6 is 22.9 Å². The van der Waals surface area contributed by atoms with Gasteiger partial charge in [0.15, 0.2) is 16.2 Å². The first-order chi connectivity index (χ1) is 18.5. The van der Waals surface area contributed by atoms with E-state index in [-0.39, 0.29) is 23.1 Å². The lowest BCUT2D eigenvalue weighted by Crippen LogP contribution is -2.61. The number of aliphatic carboxylic acids is 1. The van der Waals surface area contributed by atoms with Gasteiger partial charge in [-0.05, 0) is 18.1 Å². The third-order valence-electron chi connectivity index (χ3n) is 6.14. The van der Waals surface area contributed by atoms with E-state index in [1.54, 1.807) is 35.8 Å². The maximum absolute atomic E-state index is 13.6. The summed E-state index contributed by atoms with van der Waals surface area (Å²) in [7, 11) is -4.17. The fourth-order valence-corrected chi connectivity index (χ4v) is 7.08. The number of hydrogen-bond donors (Lipinski definition) is 5. The second-order valence-electron chi connectivity index (χ2n) is 8.55. The van der Waals surface area contributed by atoms with E-state index in [1.165, 1.54) is 21.9 Å². The van der Waals surface area contributed by atoms with Crippen molar-refractivity contribution in [3.8, 4) is 0 Å². The molecule has 17 heteroatoms. The monoisotopic (exact) mass is 600 g/mol. The number of carboxylic acids is 1. The summed E-state index contributed by atoms with van der Waals surface area (Å²) in [6.07, 6.45) is -7.51. The Kier molecular flexibility index (Phi) is 7.27. The van der Waals surface area contributed by atoms with Crippen molar-refractivity contribution in [3.05, 3.63) is 52.8 Å². The molecular formula is C22H21ClN4O10S2. The predicted molar refractivity (Wildman–Crippen MR) is 135 cm³/mol. The lowest BCUT2D eigenvalue weighted by molar-refractivity contribution is -0.278. The standard InChI is InChI=1S/C22H21ClN4O10S2/c23-17-18(26-7-8-38-21(26)25-17)39(34,35)27-9-10(11-3-1-2-4-12(11)27)5-6-24-22(33)37-20-15(30)13(28)14(29)16(36-20)19(31)32/h1-4,7-9,13-16,20,28-30H,5-6H2,(H,24,33)(H,31,32)/t13-,14-,15+,16-,20-/m1/s1. The summed E-state index contributed by atoms with van der Waals surface area (Å²) in [4.78, 5) is 28.0. The van der Waals surface area contributed by atoms with Crippen molar-refractivity contribution in [2.75, 3.05) is 6.54 Å². The van der Waals surface area contributed by atoms with Gasteiger partial charge < -0.3 is 35.2 Å². The number of para-hydroxylation sites is 1. The lowest BCUT2D eigenvalue weighted by atomic mass is 9.99. The Morgan fingerprint density at radius 3 is 2.67 bits per heavy atom. The SMILES string of the molecule is O=C(NCCc1cn(S(=O)(=O)c2c(Cl)nc3sccn23)c2ccccc12)O[C@H]1O[C@@H](C(=O)O)[C@H](O)[C@@H](O)[C@@H]1O. The number of thiazole rings is 1. The highest BCUT2D eigenvalue weighted by Crippen LogP contribution is 2.31. The number of aromatic nitrogens is 3. The van der Waals surface area contributed by atoms with Crippen LogP contribution in [0, 0.1) is 0 Å². The van der Waals surface area contributed by atoms with E-state index in [1.807, 2.05) is 0 Å². The van der Waals surface area contributed by atoms with Gasteiger partial charge in [-0.25, -0.2) is 18.5 Å². The molecule has 1 aliphatic heterocycles. The van der Waals surface area contributed by atoms with Crippen molar-refractivity contribution in [2.24, 2.45) is 0 Å². The predicted octanol–water partition coefficient (Wildman–Crippen LogP) is 0.402. The van der Waals surface area contributed by atoms with Crippen molar-refractivity contribution in [1.82, 2.24) is 18.7 Å². The Labute approximate surface area is 228 Å². The van der Waals surface area contributed by atoms with Crippen LogP contribution in [0.4, 0.5) is 4.79 Å². The van der Waals surface area contributed by atoms with Crippen molar-refractivity contribution in [2.45, 2.75) is 42.2 Å². The molecule has 1 fully saturated rings. The van der Waals surface area contributed by atoms with Crippen LogP contribution in [-0.2, 0) is 30.7 Å². The Morgan fingerprint density at radius 2 is 1.92 bits per heavy atom. The molecule has 14 nitrogen and oxygen atoms in total. The Balaban J connectivity index is 1.32. The summed E-state index contributed by atoms with van der Waals surface area (Å²) in [6, 6.07) is 6.75. The highest BCUT2D eigenvalue weighted by Gasteiger charge is 2.48. The first-order valence-corrected chi connectivity index (χ1v) is 14.0. The van der Waals surface area contributed by atoms with Crippen LogP contribution in [0.5, 0.6) is 0 Å². The fourth-order valence-electron chi connectivity index (χ4n) is 4.27. The average molecular weight is 601 g/mol. The first kappa shape index (κ1) is 27.3. The largest absolute Gasteiger partial charge is 0.479 e. The minimum atomic E-state index is -4.17.